The first-order valence-electron chi connectivity index (χ1n) is 4.63. The standard InChI is InChI=1S/C10H9Cl2N3O/c1-13-10-14-9(15-16-10)5-6-2-3-7(11)8(12)4-6/h2-4H,5H2,1H3,(H,13,14,15). The summed E-state index contributed by atoms with van der Waals surface area (Å²) in [7, 11) is 1.72. The van der Waals surface area contributed by atoms with Crippen LogP contribution in [0.3, 0.4) is 0 Å². The van der Waals surface area contributed by atoms with Crippen LogP contribution in [0.4, 0.5) is 6.01 Å². The molecule has 0 amide bonds. The SMILES string of the molecule is CNc1nc(Cc2ccc(Cl)c(Cl)c2)no1. The molecule has 1 aromatic carbocycles. The maximum absolute atomic E-state index is 5.90. The van der Waals surface area contributed by atoms with Crippen LogP contribution in [-0.4, -0.2) is 17.2 Å². The van der Waals surface area contributed by atoms with Gasteiger partial charge < -0.3 is 9.84 Å². The van der Waals surface area contributed by atoms with Crippen LogP contribution in [0, 0.1) is 0 Å². The van der Waals surface area contributed by atoms with Gasteiger partial charge in [0.25, 0.3) is 0 Å². The van der Waals surface area contributed by atoms with E-state index in [0.29, 0.717) is 28.3 Å². The number of halogens is 2. The molecule has 4 nitrogen and oxygen atoms in total. The number of rotatable bonds is 3. The van der Waals surface area contributed by atoms with Crippen molar-refractivity contribution in [2.75, 3.05) is 12.4 Å². The monoisotopic (exact) mass is 257 g/mol. The van der Waals surface area contributed by atoms with Crippen molar-refractivity contribution in [2.24, 2.45) is 0 Å². The van der Waals surface area contributed by atoms with Crippen molar-refractivity contribution in [3.8, 4) is 0 Å². The van der Waals surface area contributed by atoms with E-state index >= 15 is 0 Å². The number of hydrogen-bond donors (Lipinski definition) is 1. The van der Waals surface area contributed by atoms with E-state index in [1.165, 1.54) is 0 Å². The van der Waals surface area contributed by atoms with Crippen LogP contribution in [0.5, 0.6) is 0 Å². The van der Waals surface area contributed by atoms with E-state index < -0.39 is 0 Å². The highest BCUT2D eigenvalue weighted by Crippen LogP contribution is 2.23. The Morgan fingerprint density at radius 3 is 2.75 bits per heavy atom. The third-order valence-corrected chi connectivity index (χ3v) is 2.77. The Morgan fingerprint density at radius 1 is 1.31 bits per heavy atom. The summed E-state index contributed by atoms with van der Waals surface area (Å²) in [6, 6.07) is 5.82. The van der Waals surface area contributed by atoms with E-state index in [-0.39, 0.29) is 0 Å². The summed E-state index contributed by atoms with van der Waals surface area (Å²) < 4.78 is 4.91. The molecular formula is C10H9Cl2N3O. The summed E-state index contributed by atoms with van der Waals surface area (Å²) in [4.78, 5) is 4.11. The fourth-order valence-corrected chi connectivity index (χ4v) is 1.58. The molecule has 0 saturated carbocycles. The molecule has 0 radical (unpaired) electrons. The lowest BCUT2D eigenvalue weighted by Crippen LogP contribution is -1.92. The van der Waals surface area contributed by atoms with E-state index in [0.717, 1.165) is 5.56 Å². The summed E-state index contributed by atoms with van der Waals surface area (Å²) in [5.41, 5.74) is 0.984. The average Bonchev–Trinajstić information content (AvgIpc) is 2.71. The Labute approximate surface area is 103 Å². The molecule has 16 heavy (non-hydrogen) atoms. The zero-order valence-electron chi connectivity index (χ0n) is 8.50. The first-order chi connectivity index (χ1) is 7.69. The number of nitrogens with zero attached hydrogens (tertiary/aromatic N) is 2. The van der Waals surface area contributed by atoms with Crippen molar-refractivity contribution in [3.05, 3.63) is 39.6 Å². The molecule has 84 valence electrons. The molecular weight excluding hydrogens is 249 g/mol. The third kappa shape index (κ3) is 2.46. The highest BCUT2D eigenvalue weighted by molar-refractivity contribution is 6.42. The van der Waals surface area contributed by atoms with Gasteiger partial charge in [0.05, 0.1) is 10.0 Å². The minimum atomic E-state index is 0.398. The van der Waals surface area contributed by atoms with E-state index in [1.54, 1.807) is 19.2 Å². The molecule has 2 rings (SSSR count). The number of nitrogens with one attached hydrogen (secondary N) is 1. The van der Waals surface area contributed by atoms with E-state index in [1.807, 2.05) is 6.07 Å². The molecule has 0 aliphatic carbocycles. The lowest BCUT2D eigenvalue weighted by molar-refractivity contribution is 0.425. The van der Waals surface area contributed by atoms with Crippen LogP contribution in [0.1, 0.15) is 11.4 Å². The molecule has 0 aliphatic heterocycles. The molecule has 0 unspecified atom stereocenters. The zero-order valence-corrected chi connectivity index (χ0v) is 10.0. The Hall–Kier alpha value is -1.26. The second kappa shape index (κ2) is 4.72. The van der Waals surface area contributed by atoms with Gasteiger partial charge in [0.15, 0.2) is 5.82 Å². The van der Waals surface area contributed by atoms with Crippen molar-refractivity contribution in [2.45, 2.75) is 6.42 Å². The summed E-state index contributed by atoms with van der Waals surface area (Å²) in [6.45, 7) is 0. The smallest absolute Gasteiger partial charge is 0.321 e. The predicted molar refractivity (Wildman–Crippen MR) is 63.1 cm³/mol. The van der Waals surface area contributed by atoms with E-state index in [9.17, 15) is 0 Å². The molecule has 0 atom stereocenters. The second-order valence-electron chi connectivity index (χ2n) is 3.19. The predicted octanol–water partition coefficient (Wildman–Crippen LogP) is 3.01. The van der Waals surface area contributed by atoms with Gasteiger partial charge in [0, 0.05) is 13.5 Å². The van der Waals surface area contributed by atoms with Crippen LogP contribution in [0.2, 0.25) is 10.0 Å². The molecule has 1 heterocycles. The van der Waals surface area contributed by atoms with Gasteiger partial charge >= 0.3 is 6.01 Å². The molecule has 1 aromatic heterocycles. The molecule has 0 saturated heterocycles. The van der Waals surface area contributed by atoms with Crippen molar-refractivity contribution in [1.29, 1.82) is 0 Å². The fraction of sp³-hybridized carbons (Fsp3) is 0.200. The largest absolute Gasteiger partial charge is 0.341 e. The highest BCUT2D eigenvalue weighted by Gasteiger charge is 2.06. The van der Waals surface area contributed by atoms with Gasteiger partial charge in [-0.15, -0.1) is 0 Å². The number of aromatic nitrogens is 2. The van der Waals surface area contributed by atoms with Crippen molar-refractivity contribution in [3.63, 3.8) is 0 Å². The maximum atomic E-state index is 5.90. The molecule has 0 bridgehead atoms. The van der Waals surface area contributed by atoms with Crippen LogP contribution < -0.4 is 5.32 Å². The first-order valence-corrected chi connectivity index (χ1v) is 5.39. The number of hydrogen-bond acceptors (Lipinski definition) is 4. The lowest BCUT2D eigenvalue weighted by atomic mass is 10.1. The Kier molecular flexibility index (Phi) is 3.31. The Morgan fingerprint density at radius 2 is 2.12 bits per heavy atom. The number of anilines is 1. The normalized spacial score (nSPS) is 10.4. The van der Waals surface area contributed by atoms with Crippen LogP contribution in [0.25, 0.3) is 0 Å². The van der Waals surface area contributed by atoms with Crippen molar-refractivity contribution >= 4 is 29.2 Å². The maximum Gasteiger partial charge on any atom is 0.321 e. The average molecular weight is 258 g/mol. The zero-order chi connectivity index (χ0) is 11.5. The van der Waals surface area contributed by atoms with Gasteiger partial charge in [0.2, 0.25) is 0 Å². The van der Waals surface area contributed by atoms with Gasteiger partial charge in [-0.3, -0.25) is 0 Å². The van der Waals surface area contributed by atoms with E-state index in [2.05, 4.69) is 15.5 Å². The third-order valence-electron chi connectivity index (χ3n) is 2.03. The summed E-state index contributed by atoms with van der Waals surface area (Å²) in [5.74, 6) is 0.600. The first kappa shape index (κ1) is 11.2. The lowest BCUT2D eigenvalue weighted by Gasteiger charge is -1.99. The van der Waals surface area contributed by atoms with Crippen LogP contribution in [0.15, 0.2) is 22.7 Å². The van der Waals surface area contributed by atoms with Gasteiger partial charge in [-0.2, -0.15) is 4.98 Å². The fourth-order valence-electron chi connectivity index (χ4n) is 1.26. The minimum absolute atomic E-state index is 0.398. The Bertz CT molecular complexity index is 499. The molecule has 6 heteroatoms. The molecule has 1 N–H and O–H groups in total. The second-order valence-corrected chi connectivity index (χ2v) is 4.01. The molecule has 0 fully saturated rings. The quantitative estimate of drug-likeness (QED) is 0.919. The van der Waals surface area contributed by atoms with Gasteiger partial charge in [-0.25, -0.2) is 0 Å². The molecule has 0 spiro atoms. The molecule has 0 aliphatic rings. The molecule has 2 aromatic rings. The van der Waals surface area contributed by atoms with Crippen molar-refractivity contribution < 1.29 is 4.52 Å². The van der Waals surface area contributed by atoms with Crippen LogP contribution >= 0.6 is 23.2 Å². The Balaban J connectivity index is 2.17. The summed E-state index contributed by atoms with van der Waals surface area (Å²) in [5, 5.41) is 7.64. The van der Waals surface area contributed by atoms with Gasteiger partial charge in [0.1, 0.15) is 0 Å². The van der Waals surface area contributed by atoms with Crippen molar-refractivity contribution in [1.82, 2.24) is 10.1 Å². The minimum Gasteiger partial charge on any atom is -0.341 e. The topological polar surface area (TPSA) is 51.0 Å². The van der Waals surface area contributed by atoms with Gasteiger partial charge in [-0.1, -0.05) is 34.4 Å². The number of benzene rings is 1. The summed E-state index contributed by atoms with van der Waals surface area (Å²) in [6.07, 6.45) is 0.558. The van der Waals surface area contributed by atoms with Gasteiger partial charge in [-0.05, 0) is 17.7 Å². The van der Waals surface area contributed by atoms with E-state index in [4.69, 9.17) is 27.7 Å². The highest BCUT2D eigenvalue weighted by atomic mass is 35.5. The van der Waals surface area contributed by atoms with Crippen LogP contribution in [-0.2, 0) is 6.42 Å². The summed E-state index contributed by atoms with van der Waals surface area (Å²) >= 11 is 11.7.